The van der Waals surface area contributed by atoms with Crippen molar-refractivity contribution in [2.75, 3.05) is 6.61 Å². The lowest BCUT2D eigenvalue weighted by molar-refractivity contribution is -0.148. The molecule has 7 nitrogen and oxygen atoms in total. The van der Waals surface area contributed by atoms with Gasteiger partial charge in [-0.15, -0.1) is 5.10 Å². The summed E-state index contributed by atoms with van der Waals surface area (Å²) in [6, 6.07) is 6.05. The maximum atomic E-state index is 12.6. The second kappa shape index (κ2) is 9.49. The van der Waals surface area contributed by atoms with E-state index in [0.29, 0.717) is 28.0 Å². The summed E-state index contributed by atoms with van der Waals surface area (Å²) in [5, 5.41) is 6.50. The minimum absolute atomic E-state index is 0.0945. The number of esters is 1. The molecule has 1 aromatic carbocycles. The molecule has 0 saturated heterocycles. The van der Waals surface area contributed by atoms with Gasteiger partial charge in [-0.05, 0) is 25.0 Å². The molecule has 2 aromatic rings. The number of nitrogens with one attached hydrogen (secondary N) is 1. The van der Waals surface area contributed by atoms with Crippen LogP contribution in [0, 0.1) is 5.92 Å². The molecule has 0 spiro atoms. The minimum atomic E-state index is -0.817. The van der Waals surface area contributed by atoms with Crippen LogP contribution in [0.4, 0.5) is 0 Å². The number of halogens is 1. The highest BCUT2D eigenvalue weighted by molar-refractivity contribution is 7.10. The Hall–Kier alpha value is -2.19. The number of para-hydroxylation sites is 1. The van der Waals surface area contributed by atoms with Gasteiger partial charge in [0.1, 0.15) is 28.4 Å². The maximum Gasteiger partial charge on any atom is 0.329 e. The maximum absolute atomic E-state index is 12.6. The van der Waals surface area contributed by atoms with Crippen LogP contribution in [-0.2, 0) is 16.1 Å². The topological polar surface area (TPSA) is 90.4 Å². The summed E-state index contributed by atoms with van der Waals surface area (Å²) in [6.45, 7) is 5.81. The predicted octanol–water partition coefficient (Wildman–Crippen LogP) is 3.09. The third-order valence-corrected chi connectivity index (χ3v) is 4.48. The fourth-order valence-corrected chi connectivity index (χ4v) is 2.77. The lowest BCUT2D eigenvalue weighted by atomic mass is 10.0. The minimum Gasteiger partial charge on any atom is -0.493 e. The van der Waals surface area contributed by atoms with E-state index >= 15 is 0 Å². The fourth-order valence-electron chi connectivity index (χ4n) is 2.16. The summed E-state index contributed by atoms with van der Waals surface area (Å²) in [5.74, 6) is -0.678. The smallest absolute Gasteiger partial charge is 0.329 e. The zero-order valence-corrected chi connectivity index (χ0v) is 16.3. The van der Waals surface area contributed by atoms with Gasteiger partial charge in [0.25, 0.3) is 5.91 Å². The van der Waals surface area contributed by atoms with Gasteiger partial charge in [0.2, 0.25) is 0 Å². The molecular formula is C17H20ClN3O4S. The van der Waals surface area contributed by atoms with E-state index < -0.39 is 17.9 Å². The number of hydrogen-bond acceptors (Lipinski definition) is 7. The van der Waals surface area contributed by atoms with Crippen LogP contribution in [0.2, 0.25) is 4.34 Å². The lowest BCUT2D eigenvalue weighted by Gasteiger charge is -2.21. The number of hydrogen-bond donors (Lipinski definition) is 1. The van der Waals surface area contributed by atoms with Crippen molar-refractivity contribution in [1.82, 2.24) is 14.9 Å². The van der Waals surface area contributed by atoms with Gasteiger partial charge in [-0.3, -0.25) is 4.79 Å². The van der Waals surface area contributed by atoms with Crippen molar-refractivity contribution in [3.8, 4) is 5.75 Å². The molecule has 1 aromatic heterocycles. The molecular weight excluding hydrogens is 378 g/mol. The van der Waals surface area contributed by atoms with Crippen molar-refractivity contribution in [2.24, 2.45) is 5.92 Å². The van der Waals surface area contributed by atoms with Crippen LogP contribution in [0.3, 0.4) is 0 Å². The Labute approximate surface area is 160 Å². The summed E-state index contributed by atoms with van der Waals surface area (Å²) < 4.78 is 14.8. The molecule has 0 saturated carbocycles. The van der Waals surface area contributed by atoms with Gasteiger partial charge in [0.05, 0.1) is 12.2 Å². The summed E-state index contributed by atoms with van der Waals surface area (Å²) in [7, 11) is 0. The third-order valence-electron chi connectivity index (χ3n) is 3.50. The highest BCUT2D eigenvalue weighted by Gasteiger charge is 2.27. The Morgan fingerprint density at radius 3 is 2.65 bits per heavy atom. The molecule has 2 rings (SSSR count). The van der Waals surface area contributed by atoms with E-state index in [0.717, 1.165) is 11.5 Å². The second-order valence-electron chi connectivity index (χ2n) is 5.73. The van der Waals surface area contributed by atoms with Crippen LogP contribution in [0.25, 0.3) is 0 Å². The van der Waals surface area contributed by atoms with E-state index in [4.69, 9.17) is 21.1 Å². The lowest BCUT2D eigenvalue weighted by Crippen LogP contribution is -2.45. The summed E-state index contributed by atoms with van der Waals surface area (Å²) >= 11 is 6.91. The normalized spacial score (nSPS) is 11.9. The van der Waals surface area contributed by atoms with Crippen molar-refractivity contribution >= 4 is 35.0 Å². The second-order valence-corrected chi connectivity index (χ2v) is 7.08. The van der Waals surface area contributed by atoms with Crippen molar-refractivity contribution in [3.05, 3.63) is 39.9 Å². The van der Waals surface area contributed by atoms with Crippen LogP contribution >= 0.6 is 23.1 Å². The monoisotopic (exact) mass is 397 g/mol. The number of aromatic nitrogens is 2. The first-order chi connectivity index (χ1) is 12.4. The van der Waals surface area contributed by atoms with E-state index in [1.54, 1.807) is 24.3 Å². The predicted molar refractivity (Wildman–Crippen MR) is 98.4 cm³/mol. The van der Waals surface area contributed by atoms with Crippen LogP contribution in [0.5, 0.6) is 5.75 Å². The molecule has 0 radical (unpaired) electrons. The molecule has 0 aliphatic heterocycles. The Balaban J connectivity index is 2.06. The standard InChI is InChI=1S/C17H20ClN3O4S/c1-4-24-13-8-6-5-7-11(13)16(22)19-14(10(2)3)17(23)25-9-12-15(18)26-21-20-12/h5-8,10,14H,4,9H2,1-3H3,(H,19,22). The van der Waals surface area contributed by atoms with E-state index in [1.165, 1.54) is 0 Å². The van der Waals surface area contributed by atoms with Gasteiger partial charge in [-0.25, -0.2) is 4.79 Å². The van der Waals surface area contributed by atoms with Gasteiger partial charge in [-0.1, -0.05) is 42.1 Å². The van der Waals surface area contributed by atoms with Crippen LogP contribution < -0.4 is 10.1 Å². The van der Waals surface area contributed by atoms with E-state index in [2.05, 4.69) is 14.9 Å². The molecule has 1 heterocycles. The van der Waals surface area contributed by atoms with E-state index in [-0.39, 0.29) is 12.5 Å². The van der Waals surface area contributed by atoms with Crippen LogP contribution in [0.15, 0.2) is 24.3 Å². The Morgan fingerprint density at radius 2 is 2.04 bits per heavy atom. The molecule has 1 atom stereocenters. The molecule has 26 heavy (non-hydrogen) atoms. The van der Waals surface area contributed by atoms with Gasteiger partial charge >= 0.3 is 5.97 Å². The molecule has 1 unspecified atom stereocenters. The number of carbonyl (C=O) groups excluding carboxylic acids is 2. The number of amides is 1. The molecule has 0 aliphatic carbocycles. The van der Waals surface area contributed by atoms with Gasteiger partial charge in [-0.2, -0.15) is 0 Å². The summed E-state index contributed by atoms with van der Waals surface area (Å²) in [5.41, 5.74) is 0.750. The molecule has 9 heteroatoms. The fraction of sp³-hybridized carbons (Fsp3) is 0.412. The number of rotatable bonds is 8. The number of ether oxygens (including phenoxy) is 2. The first-order valence-electron chi connectivity index (χ1n) is 8.10. The molecule has 140 valence electrons. The first kappa shape index (κ1) is 20.1. The third kappa shape index (κ3) is 5.15. The molecule has 0 fully saturated rings. The highest BCUT2D eigenvalue weighted by Crippen LogP contribution is 2.20. The number of carbonyl (C=O) groups is 2. The van der Waals surface area contributed by atoms with Crippen LogP contribution in [0.1, 0.15) is 36.8 Å². The molecule has 0 aliphatic rings. The van der Waals surface area contributed by atoms with Gasteiger partial charge in [0, 0.05) is 11.5 Å². The van der Waals surface area contributed by atoms with Crippen LogP contribution in [-0.4, -0.2) is 34.1 Å². The van der Waals surface area contributed by atoms with Crippen molar-refractivity contribution in [2.45, 2.75) is 33.4 Å². The molecule has 1 N–H and O–H groups in total. The average molecular weight is 398 g/mol. The van der Waals surface area contributed by atoms with Crippen molar-refractivity contribution in [1.29, 1.82) is 0 Å². The largest absolute Gasteiger partial charge is 0.493 e. The van der Waals surface area contributed by atoms with Gasteiger partial charge in [0.15, 0.2) is 0 Å². The van der Waals surface area contributed by atoms with E-state index in [1.807, 2.05) is 20.8 Å². The average Bonchev–Trinajstić information content (AvgIpc) is 3.03. The Bertz CT molecular complexity index is 766. The van der Waals surface area contributed by atoms with Gasteiger partial charge < -0.3 is 14.8 Å². The zero-order valence-electron chi connectivity index (χ0n) is 14.7. The SMILES string of the molecule is CCOc1ccccc1C(=O)NC(C(=O)OCc1nnsc1Cl)C(C)C. The Morgan fingerprint density at radius 1 is 1.31 bits per heavy atom. The van der Waals surface area contributed by atoms with E-state index in [9.17, 15) is 9.59 Å². The summed E-state index contributed by atoms with van der Waals surface area (Å²) in [6.07, 6.45) is 0. The molecule has 1 amide bonds. The molecule has 0 bridgehead atoms. The first-order valence-corrected chi connectivity index (χ1v) is 9.25. The van der Waals surface area contributed by atoms with Crippen molar-refractivity contribution in [3.63, 3.8) is 0 Å². The summed E-state index contributed by atoms with van der Waals surface area (Å²) in [4.78, 5) is 25.0. The zero-order chi connectivity index (χ0) is 19.1. The highest BCUT2D eigenvalue weighted by atomic mass is 35.5. The number of nitrogens with zero attached hydrogens (tertiary/aromatic N) is 2. The Kier molecular flexibility index (Phi) is 7.35. The quantitative estimate of drug-likeness (QED) is 0.688. The van der Waals surface area contributed by atoms with Crippen molar-refractivity contribution < 1.29 is 19.1 Å². The number of benzene rings is 1.